The van der Waals surface area contributed by atoms with Gasteiger partial charge in [-0.05, 0) is 36.8 Å². The number of aromatic nitrogens is 1. The highest BCUT2D eigenvalue weighted by atomic mass is 32.1. The Balaban J connectivity index is 2.25. The van der Waals surface area contributed by atoms with Crippen LogP contribution < -0.4 is 10.6 Å². The predicted molar refractivity (Wildman–Crippen MR) is 68.1 cm³/mol. The van der Waals surface area contributed by atoms with Crippen LogP contribution in [0, 0.1) is 0 Å². The lowest BCUT2D eigenvalue weighted by atomic mass is 10.3. The lowest BCUT2D eigenvalue weighted by Gasteiger charge is -2.16. The molecule has 0 aliphatic rings. The average Bonchev–Trinajstić information content (AvgIpc) is 2.28. The number of hydrogen-bond acceptors (Lipinski definition) is 3. The van der Waals surface area contributed by atoms with Crippen molar-refractivity contribution in [1.82, 2.24) is 15.6 Å². The van der Waals surface area contributed by atoms with Crippen LogP contribution in [-0.4, -0.2) is 29.9 Å². The van der Waals surface area contributed by atoms with Gasteiger partial charge in [0.25, 0.3) is 0 Å². The molecule has 0 spiro atoms. The van der Waals surface area contributed by atoms with E-state index in [0.717, 1.165) is 5.56 Å². The summed E-state index contributed by atoms with van der Waals surface area (Å²) < 4.78 is 5.01. The second-order valence-corrected chi connectivity index (χ2v) is 3.95. The van der Waals surface area contributed by atoms with E-state index in [-0.39, 0.29) is 6.04 Å². The van der Waals surface area contributed by atoms with Gasteiger partial charge >= 0.3 is 0 Å². The highest BCUT2D eigenvalue weighted by Crippen LogP contribution is 1.94. The van der Waals surface area contributed by atoms with E-state index in [2.05, 4.69) is 15.6 Å². The molecule has 0 saturated carbocycles. The minimum atomic E-state index is 0.211. The van der Waals surface area contributed by atoms with Crippen LogP contribution in [0.5, 0.6) is 0 Å². The lowest BCUT2D eigenvalue weighted by Crippen LogP contribution is -2.42. The molecule has 1 atom stereocenters. The summed E-state index contributed by atoms with van der Waals surface area (Å²) in [5.41, 5.74) is 1.15. The van der Waals surface area contributed by atoms with E-state index in [1.807, 2.05) is 19.1 Å². The SMILES string of the molecule is COCC(C)NC(=S)NCc1ccncc1. The van der Waals surface area contributed by atoms with Crippen molar-refractivity contribution in [3.8, 4) is 0 Å². The monoisotopic (exact) mass is 239 g/mol. The summed E-state index contributed by atoms with van der Waals surface area (Å²) in [4.78, 5) is 3.95. The second kappa shape index (κ2) is 7.14. The van der Waals surface area contributed by atoms with Gasteiger partial charge in [-0.25, -0.2) is 0 Å². The molecule has 1 rings (SSSR count). The first-order valence-electron chi connectivity index (χ1n) is 5.14. The van der Waals surface area contributed by atoms with Crippen molar-refractivity contribution in [2.24, 2.45) is 0 Å². The molecule has 4 nitrogen and oxygen atoms in total. The Kier molecular flexibility index (Phi) is 5.74. The molecule has 0 radical (unpaired) electrons. The van der Waals surface area contributed by atoms with Gasteiger partial charge in [0.15, 0.2) is 5.11 Å². The molecule has 1 unspecified atom stereocenters. The van der Waals surface area contributed by atoms with Gasteiger partial charge in [0.2, 0.25) is 0 Å². The van der Waals surface area contributed by atoms with Crippen molar-refractivity contribution in [3.05, 3.63) is 30.1 Å². The second-order valence-electron chi connectivity index (χ2n) is 3.54. The third-order valence-corrected chi connectivity index (χ3v) is 2.26. The maximum atomic E-state index is 5.15. The van der Waals surface area contributed by atoms with Crippen molar-refractivity contribution in [2.45, 2.75) is 19.5 Å². The maximum Gasteiger partial charge on any atom is 0.166 e. The molecule has 2 N–H and O–H groups in total. The smallest absolute Gasteiger partial charge is 0.166 e. The molecule has 5 heteroatoms. The highest BCUT2D eigenvalue weighted by molar-refractivity contribution is 7.80. The van der Waals surface area contributed by atoms with Crippen molar-refractivity contribution >= 4 is 17.3 Å². The van der Waals surface area contributed by atoms with Crippen LogP contribution in [0.2, 0.25) is 0 Å². The summed E-state index contributed by atoms with van der Waals surface area (Å²) in [5, 5.41) is 6.90. The normalized spacial score (nSPS) is 11.9. The quantitative estimate of drug-likeness (QED) is 0.753. The van der Waals surface area contributed by atoms with Crippen molar-refractivity contribution in [3.63, 3.8) is 0 Å². The summed E-state index contributed by atoms with van der Waals surface area (Å²) >= 11 is 5.15. The first kappa shape index (κ1) is 12.9. The molecule has 0 saturated heterocycles. The van der Waals surface area contributed by atoms with Crippen molar-refractivity contribution in [2.75, 3.05) is 13.7 Å². The number of thiocarbonyl (C=S) groups is 1. The Labute approximate surface area is 101 Å². The van der Waals surface area contributed by atoms with E-state index in [4.69, 9.17) is 17.0 Å². The number of ether oxygens (including phenoxy) is 1. The molecule has 16 heavy (non-hydrogen) atoms. The Morgan fingerprint density at radius 1 is 1.50 bits per heavy atom. The zero-order valence-electron chi connectivity index (χ0n) is 9.56. The van der Waals surface area contributed by atoms with Gasteiger partial charge in [-0.3, -0.25) is 4.98 Å². The number of nitrogens with zero attached hydrogens (tertiary/aromatic N) is 1. The lowest BCUT2D eigenvalue weighted by molar-refractivity contribution is 0.179. The van der Waals surface area contributed by atoms with Crippen molar-refractivity contribution < 1.29 is 4.74 Å². The van der Waals surface area contributed by atoms with Gasteiger partial charge in [0.05, 0.1) is 6.61 Å². The maximum absolute atomic E-state index is 5.15. The molecule has 0 fully saturated rings. The summed E-state index contributed by atoms with van der Waals surface area (Å²) in [6, 6.07) is 4.12. The van der Waals surface area contributed by atoms with Gasteiger partial charge in [-0.1, -0.05) is 0 Å². The Hall–Kier alpha value is -1.20. The third-order valence-electron chi connectivity index (χ3n) is 2.00. The third kappa shape index (κ3) is 5.04. The number of nitrogens with one attached hydrogen (secondary N) is 2. The number of pyridine rings is 1. The molecule has 1 heterocycles. The molecule has 0 aromatic carbocycles. The zero-order valence-corrected chi connectivity index (χ0v) is 10.4. The van der Waals surface area contributed by atoms with Crippen LogP contribution >= 0.6 is 12.2 Å². The molecule has 0 aliphatic carbocycles. The summed E-state index contributed by atoms with van der Waals surface area (Å²) in [5.74, 6) is 0. The van der Waals surface area contributed by atoms with Crippen LogP contribution in [0.15, 0.2) is 24.5 Å². The first-order chi connectivity index (χ1) is 7.72. The molecular formula is C11H17N3OS. The summed E-state index contributed by atoms with van der Waals surface area (Å²) in [6.07, 6.45) is 3.53. The molecule has 0 bridgehead atoms. The van der Waals surface area contributed by atoms with Gasteiger partial charge in [-0.15, -0.1) is 0 Å². The van der Waals surface area contributed by atoms with E-state index in [9.17, 15) is 0 Å². The molecule has 1 aromatic rings. The predicted octanol–water partition coefficient (Wildman–Crippen LogP) is 1.08. The summed E-state index contributed by atoms with van der Waals surface area (Å²) in [7, 11) is 1.67. The van der Waals surface area contributed by atoms with E-state index >= 15 is 0 Å². The van der Waals surface area contributed by atoms with Crippen LogP contribution in [0.4, 0.5) is 0 Å². The Morgan fingerprint density at radius 2 is 2.19 bits per heavy atom. The van der Waals surface area contributed by atoms with E-state index in [0.29, 0.717) is 18.3 Å². The summed E-state index contributed by atoms with van der Waals surface area (Å²) in [6.45, 7) is 3.36. The number of rotatable bonds is 5. The van der Waals surface area contributed by atoms with Gasteiger partial charge in [-0.2, -0.15) is 0 Å². The van der Waals surface area contributed by atoms with Gasteiger partial charge < -0.3 is 15.4 Å². The molecule has 0 aliphatic heterocycles. The molecular weight excluding hydrogens is 222 g/mol. The fraction of sp³-hybridized carbons (Fsp3) is 0.455. The minimum Gasteiger partial charge on any atom is -0.383 e. The van der Waals surface area contributed by atoms with Gasteiger partial charge in [0, 0.05) is 32.1 Å². The fourth-order valence-corrected chi connectivity index (χ4v) is 1.52. The first-order valence-corrected chi connectivity index (χ1v) is 5.55. The van der Waals surface area contributed by atoms with Crippen LogP contribution in [0.3, 0.4) is 0 Å². The standard InChI is InChI=1S/C11H17N3OS/c1-9(8-15-2)14-11(16)13-7-10-3-5-12-6-4-10/h3-6,9H,7-8H2,1-2H3,(H2,13,14,16). The Bertz CT molecular complexity index is 318. The molecule has 1 aromatic heterocycles. The minimum absolute atomic E-state index is 0.211. The Morgan fingerprint density at radius 3 is 2.81 bits per heavy atom. The van der Waals surface area contributed by atoms with Gasteiger partial charge in [0.1, 0.15) is 0 Å². The van der Waals surface area contributed by atoms with E-state index in [1.165, 1.54) is 0 Å². The number of hydrogen-bond donors (Lipinski definition) is 2. The largest absolute Gasteiger partial charge is 0.383 e. The van der Waals surface area contributed by atoms with Crippen molar-refractivity contribution in [1.29, 1.82) is 0 Å². The van der Waals surface area contributed by atoms with Crippen LogP contribution in [0.1, 0.15) is 12.5 Å². The zero-order chi connectivity index (χ0) is 11.8. The average molecular weight is 239 g/mol. The highest BCUT2D eigenvalue weighted by Gasteiger charge is 2.02. The molecule has 0 amide bonds. The van der Waals surface area contributed by atoms with E-state index < -0.39 is 0 Å². The topological polar surface area (TPSA) is 46.2 Å². The molecule has 88 valence electrons. The fourth-order valence-electron chi connectivity index (χ4n) is 1.25. The number of methoxy groups -OCH3 is 1. The van der Waals surface area contributed by atoms with Crippen LogP contribution in [0.25, 0.3) is 0 Å². The van der Waals surface area contributed by atoms with E-state index in [1.54, 1.807) is 19.5 Å². The van der Waals surface area contributed by atoms with Crippen LogP contribution in [-0.2, 0) is 11.3 Å².